The first-order valence-electron chi connectivity index (χ1n) is 9.20. The summed E-state index contributed by atoms with van der Waals surface area (Å²) in [4.78, 5) is 26.8. The summed E-state index contributed by atoms with van der Waals surface area (Å²) in [5, 5.41) is 20.2. The van der Waals surface area contributed by atoms with E-state index < -0.39 is 24.7 Å². The Morgan fingerprint density at radius 3 is 2.31 bits per heavy atom. The Kier molecular flexibility index (Phi) is 8.57. The minimum Gasteiger partial charge on any atom is -0.481 e. The zero-order valence-corrected chi connectivity index (χ0v) is 16.8. The number of pyridine rings is 1. The first-order chi connectivity index (χ1) is 15.2. The highest BCUT2D eigenvalue weighted by molar-refractivity contribution is 5.95. The average molecular weight is 452 g/mol. The first kappa shape index (κ1) is 24.6. The van der Waals surface area contributed by atoms with Crippen LogP contribution in [-0.2, 0) is 27.5 Å². The van der Waals surface area contributed by atoms with Gasteiger partial charge in [-0.2, -0.15) is 13.2 Å². The van der Waals surface area contributed by atoms with Crippen molar-refractivity contribution in [2.75, 3.05) is 18.5 Å². The van der Waals surface area contributed by atoms with Crippen LogP contribution in [-0.4, -0.2) is 46.5 Å². The van der Waals surface area contributed by atoms with Crippen LogP contribution >= 0.6 is 0 Å². The number of anilines is 1. The number of esters is 1. The number of carbonyl (C=O) groups excluding carboxylic acids is 2. The van der Waals surface area contributed by atoms with Crippen molar-refractivity contribution in [3.05, 3.63) is 52.8 Å². The molecule has 0 aliphatic heterocycles. The van der Waals surface area contributed by atoms with Gasteiger partial charge in [-0.25, -0.2) is 4.79 Å². The molecule has 1 heterocycles. The van der Waals surface area contributed by atoms with Crippen LogP contribution in [0.5, 0.6) is 5.75 Å². The van der Waals surface area contributed by atoms with E-state index in [0.717, 1.165) is 6.07 Å². The van der Waals surface area contributed by atoms with Gasteiger partial charge in [0.15, 0.2) is 6.61 Å². The van der Waals surface area contributed by atoms with E-state index in [1.54, 1.807) is 12.2 Å². The lowest BCUT2D eigenvalue weighted by atomic mass is 10.1. The summed E-state index contributed by atoms with van der Waals surface area (Å²) in [7, 11) is 0. The molecule has 1 aromatic heterocycles. The highest BCUT2D eigenvalue weighted by Gasteiger charge is 2.38. The fraction of sp³-hybridized carbons (Fsp3) is 0.286. The molecular formula is C21H19F3N2O6. The summed E-state index contributed by atoms with van der Waals surface area (Å²) in [6.07, 6.45) is -5.08. The second-order valence-corrected chi connectivity index (χ2v) is 6.16. The lowest BCUT2D eigenvalue weighted by Crippen LogP contribution is -2.29. The monoisotopic (exact) mass is 452 g/mol. The van der Waals surface area contributed by atoms with Crippen LogP contribution in [0.4, 0.5) is 18.9 Å². The number of aliphatic hydroxyl groups excluding tert-OH is 2. The maximum atomic E-state index is 12.5. The van der Waals surface area contributed by atoms with Crippen molar-refractivity contribution in [1.82, 2.24) is 4.98 Å². The van der Waals surface area contributed by atoms with Crippen LogP contribution in [0.3, 0.4) is 0 Å². The van der Waals surface area contributed by atoms with Crippen molar-refractivity contribution in [2.24, 2.45) is 0 Å². The third kappa shape index (κ3) is 7.26. The molecule has 0 radical (unpaired) electrons. The molecule has 0 spiro atoms. The molecule has 0 saturated heterocycles. The Morgan fingerprint density at radius 2 is 1.75 bits per heavy atom. The van der Waals surface area contributed by atoms with Crippen molar-refractivity contribution in [2.45, 2.75) is 26.3 Å². The van der Waals surface area contributed by atoms with E-state index in [0.29, 0.717) is 5.56 Å². The van der Waals surface area contributed by atoms with Crippen LogP contribution < -0.4 is 10.1 Å². The number of carbonyl (C=O) groups is 2. The number of rotatable bonds is 7. The Hall–Kier alpha value is -3.62. The Balaban J connectivity index is 2.37. The van der Waals surface area contributed by atoms with Crippen LogP contribution in [0.2, 0.25) is 0 Å². The second kappa shape index (κ2) is 11.1. The number of hydrogen-bond donors (Lipinski definition) is 3. The van der Waals surface area contributed by atoms with Crippen LogP contribution in [0, 0.1) is 11.8 Å². The predicted octanol–water partition coefficient (Wildman–Crippen LogP) is 1.91. The molecule has 32 heavy (non-hydrogen) atoms. The van der Waals surface area contributed by atoms with Crippen LogP contribution in [0.1, 0.15) is 29.4 Å². The minimum absolute atomic E-state index is 0.0654. The van der Waals surface area contributed by atoms with Gasteiger partial charge in [0.25, 0.3) is 0 Å². The van der Waals surface area contributed by atoms with E-state index in [9.17, 15) is 33.0 Å². The molecule has 1 aromatic carbocycles. The third-order valence-electron chi connectivity index (χ3n) is 3.74. The highest BCUT2D eigenvalue weighted by atomic mass is 19.4. The number of ether oxygens (including phenoxy) is 2. The van der Waals surface area contributed by atoms with E-state index in [1.165, 1.54) is 24.3 Å². The Morgan fingerprint density at radius 1 is 1.09 bits per heavy atom. The number of aliphatic hydroxyl groups is 2. The fourth-order valence-electron chi connectivity index (χ4n) is 2.39. The average Bonchev–Trinajstić information content (AvgIpc) is 2.76. The predicted molar refractivity (Wildman–Crippen MR) is 105 cm³/mol. The summed E-state index contributed by atoms with van der Waals surface area (Å²) >= 11 is 0. The zero-order chi connectivity index (χ0) is 23.7. The molecular weight excluding hydrogens is 433 g/mol. The zero-order valence-electron chi connectivity index (χ0n) is 16.8. The number of halogens is 3. The van der Waals surface area contributed by atoms with E-state index in [1.807, 2.05) is 0 Å². The summed E-state index contributed by atoms with van der Waals surface area (Å²) in [5.41, 5.74) is 0.951. The molecule has 3 N–H and O–H groups in total. The molecule has 170 valence electrons. The van der Waals surface area contributed by atoms with Gasteiger partial charge in [-0.1, -0.05) is 11.8 Å². The van der Waals surface area contributed by atoms with Gasteiger partial charge < -0.3 is 25.0 Å². The van der Waals surface area contributed by atoms with Crippen LogP contribution in [0.25, 0.3) is 0 Å². The molecule has 0 fully saturated rings. The van der Waals surface area contributed by atoms with Crippen molar-refractivity contribution >= 4 is 17.6 Å². The molecule has 0 unspecified atom stereocenters. The number of nitrogens with one attached hydrogen (secondary N) is 1. The van der Waals surface area contributed by atoms with Gasteiger partial charge in [-0.05, 0) is 31.2 Å². The maximum Gasteiger partial charge on any atom is 0.471 e. The first-order valence-corrected chi connectivity index (χ1v) is 9.20. The number of alkyl halides is 3. The van der Waals surface area contributed by atoms with E-state index in [-0.39, 0.29) is 48.2 Å². The molecule has 2 aromatic rings. The molecule has 11 heteroatoms. The van der Waals surface area contributed by atoms with E-state index in [4.69, 9.17) is 9.47 Å². The molecule has 0 bridgehead atoms. The molecule has 0 saturated carbocycles. The summed E-state index contributed by atoms with van der Waals surface area (Å²) in [6, 6.07) is 6.57. The molecule has 2 rings (SSSR count). The van der Waals surface area contributed by atoms with Gasteiger partial charge in [-0.15, -0.1) is 0 Å². The van der Waals surface area contributed by atoms with Crippen molar-refractivity contribution in [3.63, 3.8) is 0 Å². The van der Waals surface area contributed by atoms with Gasteiger partial charge >= 0.3 is 18.1 Å². The van der Waals surface area contributed by atoms with E-state index in [2.05, 4.69) is 16.8 Å². The third-order valence-corrected chi connectivity index (χ3v) is 3.74. The lowest BCUT2D eigenvalue weighted by molar-refractivity contribution is -0.167. The lowest BCUT2D eigenvalue weighted by Gasteiger charge is -2.12. The number of aromatic nitrogens is 1. The molecule has 1 amide bonds. The number of benzene rings is 1. The van der Waals surface area contributed by atoms with Crippen LogP contribution in [0.15, 0.2) is 30.3 Å². The van der Waals surface area contributed by atoms with Crippen molar-refractivity contribution in [3.8, 4) is 17.6 Å². The Bertz CT molecular complexity index is 1020. The van der Waals surface area contributed by atoms with Gasteiger partial charge in [-0.3, -0.25) is 9.78 Å². The summed E-state index contributed by atoms with van der Waals surface area (Å²) < 4.78 is 47.6. The quantitative estimate of drug-likeness (QED) is 0.434. The number of amides is 1. The highest BCUT2D eigenvalue weighted by Crippen LogP contribution is 2.25. The smallest absolute Gasteiger partial charge is 0.471 e. The summed E-state index contributed by atoms with van der Waals surface area (Å²) in [5.74, 6) is 2.58. The molecule has 0 aliphatic rings. The largest absolute Gasteiger partial charge is 0.481 e. The number of hydrogen-bond acceptors (Lipinski definition) is 7. The molecule has 0 aliphatic carbocycles. The summed E-state index contributed by atoms with van der Waals surface area (Å²) in [6.45, 7) is 0.433. The van der Waals surface area contributed by atoms with Crippen molar-refractivity contribution in [1.29, 1.82) is 0 Å². The van der Waals surface area contributed by atoms with Gasteiger partial charge in [0, 0.05) is 17.3 Å². The minimum atomic E-state index is -5.08. The van der Waals surface area contributed by atoms with E-state index >= 15 is 0 Å². The topological polar surface area (TPSA) is 118 Å². The normalized spacial score (nSPS) is 10.7. The Labute approximate surface area is 181 Å². The fourth-order valence-corrected chi connectivity index (χ4v) is 2.39. The SMILES string of the molecule is CCOC(=O)COc1cc(NC(=O)C(F)(F)F)ccc1C#Cc1cc(CO)nc(CO)c1. The molecule has 8 nitrogen and oxygen atoms in total. The maximum absolute atomic E-state index is 12.5. The van der Waals surface area contributed by atoms with Gasteiger partial charge in [0.1, 0.15) is 5.75 Å². The van der Waals surface area contributed by atoms with Gasteiger partial charge in [0.05, 0.1) is 36.8 Å². The van der Waals surface area contributed by atoms with Gasteiger partial charge in [0.2, 0.25) is 0 Å². The molecule has 0 atom stereocenters. The van der Waals surface area contributed by atoms with Crippen molar-refractivity contribution < 1.29 is 42.4 Å². The number of nitrogens with zero attached hydrogens (tertiary/aromatic N) is 1. The second-order valence-electron chi connectivity index (χ2n) is 6.16. The standard InChI is InChI=1S/C21H19F3N2O6/c1-2-31-19(29)12-32-18-9-15(26-20(30)21(22,23)24)6-5-14(18)4-3-13-7-16(10-27)25-17(8-13)11-28/h5-9,27-28H,2,10-12H2,1H3,(H,26,30).